The van der Waals surface area contributed by atoms with Crippen LogP contribution in [0.25, 0.3) is 32.9 Å². The van der Waals surface area contributed by atoms with E-state index in [4.69, 9.17) is 9.72 Å². The Hall–Kier alpha value is -5.09. The minimum Gasteiger partial charge on any atom is -0.497 e. The molecule has 0 spiro atoms. The van der Waals surface area contributed by atoms with Gasteiger partial charge in [0.2, 0.25) is 0 Å². The summed E-state index contributed by atoms with van der Waals surface area (Å²) in [5.74, 6) is 0.360. The summed E-state index contributed by atoms with van der Waals surface area (Å²) in [5, 5.41) is 3.14. The highest BCUT2D eigenvalue weighted by molar-refractivity contribution is 6.06. The summed E-state index contributed by atoms with van der Waals surface area (Å²) in [5.41, 5.74) is 4.71. The average Bonchev–Trinajstić information content (AvgIpc) is 3.04. The molecule has 6 aromatic rings. The Morgan fingerprint density at radius 1 is 0.659 bits per heavy atom. The van der Waals surface area contributed by atoms with Crippen LogP contribution in [0.15, 0.2) is 127 Å². The number of methoxy groups -OCH3 is 1. The lowest BCUT2D eigenvalue weighted by Gasteiger charge is -2.21. The highest BCUT2D eigenvalue weighted by atomic mass is 16.5. The zero-order chi connectivity index (χ0) is 28.2. The lowest BCUT2D eigenvalue weighted by molar-refractivity contribution is 0.0944. The molecule has 0 saturated carbocycles. The number of ether oxygens (including phenoxy) is 1. The van der Waals surface area contributed by atoms with Gasteiger partial charge in [-0.05, 0) is 41.3 Å². The lowest BCUT2D eigenvalue weighted by atomic mass is 9.83. The van der Waals surface area contributed by atoms with Gasteiger partial charge in [0.05, 0.1) is 18.3 Å². The van der Waals surface area contributed by atoms with E-state index in [2.05, 4.69) is 30.3 Å². The summed E-state index contributed by atoms with van der Waals surface area (Å²) in [6, 6.07) is 40.8. The third kappa shape index (κ3) is 5.50. The van der Waals surface area contributed by atoms with Gasteiger partial charge in [-0.1, -0.05) is 97.1 Å². The molecule has 0 radical (unpaired) electrons. The van der Waals surface area contributed by atoms with Crippen molar-refractivity contribution in [1.29, 1.82) is 0 Å². The summed E-state index contributed by atoms with van der Waals surface area (Å²) >= 11 is 0. The van der Waals surface area contributed by atoms with Crippen LogP contribution >= 0.6 is 0 Å². The van der Waals surface area contributed by atoms with Crippen LogP contribution in [-0.2, 0) is 0 Å². The molecule has 4 heteroatoms. The van der Waals surface area contributed by atoms with E-state index in [9.17, 15) is 9.59 Å². The van der Waals surface area contributed by atoms with Crippen LogP contribution < -0.4 is 4.74 Å². The number of carbonyl (C=O) groups excluding carboxylic acids is 2. The molecule has 0 amide bonds. The van der Waals surface area contributed by atoms with Gasteiger partial charge in [0, 0.05) is 46.2 Å². The van der Waals surface area contributed by atoms with Gasteiger partial charge in [-0.3, -0.25) is 9.59 Å². The third-order valence-electron chi connectivity index (χ3n) is 7.60. The van der Waals surface area contributed by atoms with Gasteiger partial charge >= 0.3 is 0 Å². The normalized spacial score (nSPS) is 11.2. The summed E-state index contributed by atoms with van der Waals surface area (Å²) in [6.45, 7) is 0. The largest absolute Gasteiger partial charge is 0.497 e. The molecule has 0 unspecified atom stereocenters. The van der Waals surface area contributed by atoms with Crippen molar-refractivity contribution in [1.82, 2.24) is 4.98 Å². The zero-order valence-electron chi connectivity index (χ0n) is 22.8. The number of pyridine rings is 1. The number of benzene rings is 5. The van der Waals surface area contributed by atoms with Gasteiger partial charge in [0.1, 0.15) is 5.75 Å². The fourth-order valence-electron chi connectivity index (χ4n) is 5.44. The lowest BCUT2D eigenvalue weighted by Crippen LogP contribution is -2.14. The Bertz CT molecular complexity index is 1790. The van der Waals surface area contributed by atoms with Crippen LogP contribution in [0.2, 0.25) is 0 Å². The van der Waals surface area contributed by atoms with Crippen molar-refractivity contribution in [3.63, 3.8) is 0 Å². The Kier molecular flexibility index (Phi) is 7.38. The molecule has 0 fully saturated rings. The van der Waals surface area contributed by atoms with Gasteiger partial charge in [-0.15, -0.1) is 0 Å². The SMILES string of the molecule is COc1ccc(-c2nc3c(ccc4ccccc43)cc2C(CC(=O)c2ccccc2)CC(=O)c2ccccc2)cc1. The van der Waals surface area contributed by atoms with Gasteiger partial charge in [0.25, 0.3) is 0 Å². The molecular formula is C37H29NO3. The second kappa shape index (κ2) is 11.6. The molecule has 41 heavy (non-hydrogen) atoms. The van der Waals surface area contributed by atoms with E-state index in [1.54, 1.807) is 7.11 Å². The minimum absolute atomic E-state index is 0.00393. The Morgan fingerprint density at radius 3 is 1.83 bits per heavy atom. The van der Waals surface area contributed by atoms with Crippen molar-refractivity contribution in [2.45, 2.75) is 18.8 Å². The molecule has 6 rings (SSSR count). The molecule has 1 aromatic heterocycles. The van der Waals surface area contributed by atoms with Gasteiger partial charge < -0.3 is 4.74 Å². The van der Waals surface area contributed by atoms with Crippen molar-refractivity contribution < 1.29 is 14.3 Å². The summed E-state index contributed by atoms with van der Waals surface area (Å²) in [6.07, 6.45) is 0.374. The van der Waals surface area contributed by atoms with Crippen LogP contribution in [0.1, 0.15) is 45.0 Å². The molecule has 1 heterocycles. The van der Waals surface area contributed by atoms with Gasteiger partial charge in [0.15, 0.2) is 11.6 Å². The minimum atomic E-state index is -0.379. The third-order valence-corrected chi connectivity index (χ3v) is 7.60. The molecule has 0 saturated heterocycles. The first-order chi connectivity index (χ1) is 20.1. The summed E-state index contributed by atoms with van der Waals surface area (Å²) < 4.78 is 5.40. The van der Waals surface area contributed by atoms with Crippen molar-refractivity contribution in [3.05, 3.63) is 144 Å². The maximum absolute atomic E-state index is 13.6. The first kappa shape index (κ1) is 26.1. The van der Waals surface area contributed by atoms with E-state index in [0.717, 1.165) is 44.2 Å². The van der Waals surface area contributed by atoms with Crippen molar-refractivity contribution in [2.24, 2.45) is 0 Å². The monoisotopic (exact) mass is 535 g/mol. The first-order valence-corrected chi connectivity index (χ1v) is 13.7. The molecule has 0 aliphatic carbocycles. The molecule has 4 nitrogen and oxygen atoms in total. The number of hydrogen-bond acceptors (Lipinski definition) is 4. The second-order valence-corrected chi connectivity index (χ2v) is 10.2. The number of carbonyl (C=O) groups is 2. The maximum Gasteiger partial charge on any atom is 0.163 e. The van der Waals surface area contributed by atoms with E-state index in [1.807, 2.05) is 97.1 Å². The highest BCUT2D eigenvalue weighted by Crippen LogP contribution is 2.38. The van der Waals surface area contributed by atoms with E-state index in [1.165, 1.54) is 0 Å². The van der Waals surface area contributed by atoms with Crippen molar-refractivity contribution in [3.8, 4) is 17.0 Å². The first-order valence-electron chi connectivity index (χ1n) is 13.7. The zero-order valence-corrected chi connectivity index (χ0v) is 22.8. The number of aromatic nitrogens is 1. The molecular weight excluding hydrogens is 506 g/mol. The number of Topliss-reactive ketones (excluding diaryl/α,β-unsaturated/α-hetero) is 2. The summed E-state index contributed by atoms with van der Waals surface area (Å²) in [4.78, 5) is 32.4. The van der Waals surface area contributed by atoms with Gasteiger partial charge in [-0.2, -0.15) is 0 Å². The van der Waals surface area contributed by atoms with Crippen molar-refractivity contribution in [2.75, 3.05) is 7.11 Å². The molecule has 0 atom stereocenters. The highest BCUT2D eigenvalue weighted by Gasteiger charge is 2.26. The molecule has 200 valence electrons. The van der Waals surface area contributed by atoms with E-state index in [0.29, 0.717) is 11.1 Å². The number of fused-ring (bicyclic) bond motifs is 3. The molecule has 0 N–H and O–H groups in total. The maximum atomic E-state index is 13.6. The van der Waals surface area contributed by atoms with Crippen LogP contribution in [0.3, 0.4) is 0 Å². The van der Waals surface area contributed by atoms with E-state index >= 15 is 0 Å². The van der Waals surface area contributed by atoms with Crippen LogP contribution in [-0.4, -0.2) is 23.7 Å². The van der Waals surface area contributed by atoms with Crippen LogP contribution in [0, 0.1) is 0 Å². The number of ketones is 2. The van der Waals surface area contributed by atoms with Crippen LogP contribution in [0.5, 0.6) is 5.75 Å². The predicted octanol–water partition coefficient (Wildman–Crippen LogP) is 8.69. The fourth-order valence-corrected chi connectivity index (χ4v) is 5.44. The topological polar surface area (TPSA) is 56.3 Å². The standard InChI is InChI=1S/C37H29NO3/c1-41-31-20-18-28(19-21-31)36-33(22-29-17-16-25-10-8-9-15-32(25)37(29)38-36)30(23-34(39)26-11-4-2-5-12-26)24-35(40)27-13-6-3-7-14-27/h2-22,30H,23-24H2,1H3. The number of rotatable bonds is 9. The number of nitrogens with zero attached hydrogens (tertiary/aromatic N) is 1. The predicted molar refractivity (Wildman–Crippen MR) is 165 cm³/mol. The quantitative estimate of drug-likeness (QED) is 0.137. The van der Waals surface area contributed by atoms with E-state index in [-0.39, 0.29) is 30.3 Å². The number of hydrogen-bond donors (Lipinski definition) is 0. The van der Waals surface area contributed by atoms with Gasteiger partial charge in [-0.25, -0.2) is 4.98 Å². The van der Waals surface area contributed by atoms with Crippen molar-refractivity contribution >= 4 is 33.2 Å². The average molecular weight is 536 g/mol. The van der Waals surface area contributed by atoms with Crippen LogP contribution in [0.4, 0.5) is 0 Å². The molecule has 0 aliphatic rings. The summed E-state index contributed by atoms with van der Waals surface area (Å²) in [7, 11) is 1.64. The second-order valence-electron chi connectivity index (χ2n) is 10.2. The van der Waals surface area contributed by atoms with E-state index < -0.39 is 0 Å². The Labute approximate surface area is 239 Å². The smallest absolute Gasteiger partial charge is 0.163 e. The molecule has 5 aromatic carbocycles. The fraction of sp³-hybridized carbons (Fsp3) is 0.108. The Balaban J connectivity index is 1.53. The Morgan fingerprint density at radius 2 is 1.22 bits per heavy atom. The molecule has 0 bridgehead atoms. The molecule has 0 aliphatic heterocycles.